The number of carbonyl (C=O) groups is 1. The molecule has 0 aliphatic carbocycles. The van der Waals surface area contributed by atoms with Crippen molar-refractivity contribution in [1.29, 1.82) is 0 Å². The highest BCUT2D eigenvalue weighted by atomic mass is 16.1. The Bertz CT molecular complexity index is 225. The molecule has 0 bridgehead atoms. The second kappa shape index (κ2) is 5.67. The Hall–Kier alpha value is -0.570. The lowest BCUT2D eigenvalue weighted by atomic mass is 9.92. The molecule has 0 aromatic heterocycles. The molecule has 3 heteroatoms. The fourth-order valence-corrected chi connectivity index (χ4v) is 2.17. The summed E-state index contributed by atoms with van der Waals surface area (Å²) in [6.07, 6.45) is 4.24. The maximum absolute atomic E-state index is 11.6. The van der Waals surface area contributed by atoms with Gasteiger partial charge in [0.25, 0.3) is 0 Å². The normalized spacial score (nSPS) is 19.8. The predicted octanol–water partition coefficient (Wildman–Crippen LogP) is 2.02. The number of hydrogen-bond acceptors (Lipinski definition) is 2. The Morgan fingerprint density at radius 3 is 2.38 bits per heavy atom. The minimum Gasteiger partial charge on any atom is -0.352 e. The fourth-order valence-electron chi connectivity index (χ4n) is 2.17. The van der Waals surface area contributed by atoms with Crippen molar-refractivity contribution in [3.05, 3.63) is 0 Å². The Labute approximate surface area is 99.6 Å². The van der Waals surface area contributed by atoms with Crippen LogP contribution in [0.1, 0.15) is 46.5 Å². The molecule has 1 fully saturated rings. The molecule has 0 atom stereocenters. The maximum atomic E-state index is 11.6. The van der Waals surface area contributed by atoms with Gasteiger partial charge in [-0.05, 0) is 66.1 Å². The van der Waals surface area contributed by atoms with Gasteiger partial charge in [-0.1, -0.05) is 0 Å². The van der Waals surface area contributed by atoms with Gasteiger partial charge in [0, 0.05) is 12.0 Å². The van der Waals surface area contributed by atoms with Crippen LogP contribution in [0, 0.1) is 5.92 Å². The summed E-state index contributed by atoms with van der Waals surface area (Å²) in [6.45, 7) is 8.46. The molecule has 1 heterocycles. The first-order valence-corrected chi connectivity index (χ1v) is 6.36. The molecule has 0 spiro atoms. The highest BCUT2D eigenvalue weighted by molar-refractivity contribution is 5.76. The molecule has 0 aromatic rings. The average molecular weight is 226 g/mol. The number of rotatable bonds is 3. The number of amides is 1. The van der Waals surface area contributed by atoms with E-state index in [0.717, 1.165) is 12.3 Å². The zero-order valence-electron chi connectivity index (χ0n) is 11.2. The van der Waals surface area contributed by atoms with Crippen LogP contribution in [0.5, 0.6) is 0 Å². The number of carbonyl (C=O) groups excluding carboxylic acids is 1. The van der Waals surface area contributed by atoms with E-state index in [1.807, 2.05) is 20.8 Å². The van der Waals surface area contributed by atoms with Crippen LogP contribution in [0.15, 0.2) is 0 Å². The minimum absolute atomic E-state index is 0.0934. The van der Waals surface area contributed by atoms with Gasteiger partial charge in [-0.2, -0.15) is 0 Å². The van der Waals surface area contributed by atoms with Crippen molar-refractivity contribution >= 4 is 5.91 Å². The van der Waals surface area contributed by atoms with E-state index < -0.39 is 0 Å². The van der Waals surface area contributed by atoms with Crippen molar-refractivity contribution in [1.82, 2.24) is 10.2 Å². The summed E-state index contributed by atoms with van der Waals surface area (Å²) in [5.41, 5.74) is -0.0934. The minimum atomic E-state index is -0.0934. The third-order valence-electron chi connectivity index (χ3n) is 3.13. The van der Waals surface area contributed by atoms with Gasteiger partial charge in [0.15, 0.2) is 0 Å². The van der Waals surface area contributed by atoms with Gasteiger partial charge in [-0.25, -0.2) is 0 Å². The van der Waals surface area contributed by atoms with Gasteiger partial charge in [-0.3, -0.25) is 4.79 Å². The molecule has 1 saturated heterocycles. The van der Waals surface area contributed by atoms with Crippen LogP contribution in [-0.4, -0.2) is 36.5 Å². The van der Waals surface area contributed by atoms with Crippen molar-refractivity contribution in [3.63, 3.8) is 0 Å². The van der Waals surface area contributed by atoms with E-state index in [1.54, 1.807) is 0 Å². The van der Waals surface area contributed by atoms with E-state index in [9.17, 15) is 4.79 Å². The number of piperidine rings is 1. The Morgan fingerprint density at radius 2 is 1.88 bits per heavy atom. The Kier molecular flexibility index (Phi) is 4.78. The molecule has 0 radical (unpaired) electrons. The van der Waals surface area contributed by atoms with E-state index in [0.29, 0.717) is 6.42 Å². The largest absolute Gasteiger partial charge is 0.352 e. The first-order chi connectivity index (χ1) is 7.37. The van der Waals surface area contributed by atoms with E-state index in [4.69, 9.17) is 0 Å². The first-order valence-electron chi connectivity index (χ1n) is 6.36. The van der Waals surface area contributed by atoms with Crippen LogP contribution in [0.4, 0.5) is 0 Å². The molecular formula is C13H26N2O. The predicted molar refractivity (Wildman–Crippen MR) is 67.4 cm³/mol. The SMILES string of the molecule is CN1CCC(CCC(=O)NC(C)(C)C)CC1. The molecule has 1 amide bonds. The van der Waals surface area contributed by atoms with Crippen molar-refractivity contribution in [2.24, 2.45) is 5.92 Å². The zero-order valence-corrected chi connectivity index (χ0v) is 11.2. The zero-order chi connectivity index (χ0) is 12.2. The second-order valence-corrected chi connectivity index (χ2v) is 6.08. The van der Waals surface area contributed by atoms with Crippen molar-refractivity contribution in [2.75, 3.05) is 20.1 Å². The molecule has 16 heavy (non-hydrogen) atoms. The molecule has 0 unspecified atom stereocenters. The summed E-state index contributed by atoms with van der Waals surface area (Å²) >= 11 is 0. The number of hydrogen-bond donors (Lipinski definition) is 1. The monoisotopic (exact) mass is 226 g/mol. The molecule has 0 saturated carbocycles. The quantitative estimate of drug-likeness (QED) is 0.798. The maximum Gasteiger partial charge on any atom is 0.220 e. The van der Waals surface area contributed by atoms with E-state index in [1.165, 1.54) is 25.9 Å². The number of likely N-dealkylation sites (tertiary alicyclic amines) is 1. The van der Waals surface area contributed by atoms with Crippen molar-refractivity contribution < 1.29 is 4.79 Å². The third kappa shape index (κ3) is 5.50. The molecule has 1 aliphatic heterocycles. The molecule has 1 N–H and O–H groups in total. The lowest BCUT2D eigenvalue weighted by Crippen LogP contribution is -2.40. The van der Waals surface area contributed by atoms with Crippen molar-refractivity contribution in [2.45, 2.75) is 52.0 Å². The van der Waals surface area contributed by atoms with E-state index in [2.05, 4.69) is 17.3 Å². The first kappa shape index (κ1) is 13.5. The molecule has 0 aromatic carbocycles. The summed E-state index contributed by atoms with van der Waals surface area (Å²) in [6, 6.07) is 0. The van der Waals surface area contributed by atoms with Crippen LogP contribution >= 0.6 is 0 Å². The number of nitrogens with one attached hydrogen (secondary N) is 1. The lowest BCUT2D eigenvalue weighted by Gasteiger charge is -2.29. The van der Waals surface area contributed by atoms with Crippen LogP contribution < -0.4 is 5.32 Å². The van der Waals surface area contributed by atoms with Gasteiger partial charge in [-0.15, -0.1) is 0 Å². The van der Waals surface area contributed by atoms with Crippen LogP contribution in [0.2, 0.25) is 0 Å². The highest BCUT2D eigenvalue weighted by Gasteiger charge is 2.19. The smallest absolute Gasteiger partial charge is 0.220 e. The summed E-state index contributed by atoms with van der Waals surface area (Å²) in [5, 5.41) is 3.02. The Balaban J connectivity index is 2.17. The second-order valence-electron chi connectivity index (χ2n) is 6.08. The molecular weight excluding hydrogens is 200 g/mol. The molecule has 3 nitrogen and oxygen atoms in total. The van der Waals surface area contributed by atoms with E-state index in [-0.39, 0.29) is 11.4 Å². The molecule has 1 rings (SSSR count). The summed E-state index contributed by atoms with van der Waals surface area (Å²) in [5.74, 6) is 0.952. The van der Waals surface area contributed by atoms with Gasteiger partial charge in [0.05, 0.1) is 0 Å². The Morgan fingerprint density at radius 1 is 1.31 bits per heavy atom. The summed E-state index contributed by atoms with van der Waals surface area (Å²) in [7, 11) is 2.17. The number of nitrogens with zero attached hydrogens (tertiary/aromatic N) is 1. The lowest BCUT2D eigenvalue weighted by molar-refractivity contribution is -0.122. The van der Waals surface area contributed by atoms with Gasteiger partial charge >= 0.3 is 0 Å². The highest BCUT2D eigenvalue weighted by Crippen LogP contribution is 2.20. The molecule has 94 valence electrons. The molecule has 1 aliphatic rings. The van der Waals surface area contributed by atoms with Gasteiger partial charge in [0.2, 0.25) is 5.91 Å². The topological polar surface area (TPSA) is 32.3 Å². The summed E-state index contributed by atoms with van der Waals surface area (Å²) < 4.78 is 0. The van der Waals surface area contributed by atoms with Crippen LogP contribution in [0.25, 0.3) is 0 Å². The van der Waals surface area contributed by atoms with E-state index >= 15 is 0 Å². The van der Waals surface area contributed by atoms with Crippen LogP contribution in [0.3, 0.4) is 0 Å². The standard InChI is InChI=1S/C13H26N2O/c1-13(2,3)14-12(16)6-5-11-7-9-15(4)10-8-11/h11H,5-10H2,1-4H3,(H,14,16). The van der Waals surface area contributed by atoms with Gasteiger partial charge in [0.1, 0.15) is 0 Å². The average Bonchev–Trinajstić information content (AvgIpc) is 2.14. The van der Waals surface area contributed by atoms with Crippen LogP contribution in [-0.2, 0) is 4.79 Å². The fraction of sp³-hybridized carbons (Fsp3) is 0.923. The van der Waals surface area contributed by atoms with Crippen molar-refractivity contribution in [3.8, 4) is 0 Å². The third-order valence-corrected chi connectivity index (χ3v) is 3.13. The summed E-state index contributed by atoms with van der Waals surface area (Å²) in [4.78, 5) is 14.0. The van der Waals surface area contributed by atoms with Gasteiger partial charge < -0.3 is 10.2 Å².